The second-order valence-electron chi connectivity index (χ2n) is 2.62. The van der Waals surface area contributed by atoms with Crippen LogP contribution in [0.4, 0.5) is 0 Å². The first kappa shape index (κ1) is 11.5. The highest BCUT2D eigenvalue weighted by Crippen LogP contribution is 2.16. The number of methoxy groups -OCH3 is 1. The van der Waals surface area contributed by atoms with E-state index in [1.54, 1.807) is 0 Å². The minimum Gasteiger partial charge on any atom is -0.464 e. The minimum atomic E-state index is -0.654. The molecule has 0 atom stereocenters. The van der Waals surface area contributed by atoms with Gasteiger partial charge in [0.1, 0.15) is 5.69 Å². The quantitative estimate of drug-likeness (QED) is 0.443. The van der Waals surface area contributed by atoms with Gasteiger partial charge in [0.2, 0.25) is 5.28 Å². The van der Waals surface area contributed by atoms with E-state index in [2.05, 4.69) is 16.3 Å². The molecule has 0 spiro atoms. The van der Waals surface area contributed by atoms with E-state index in [1.807, 2.05) is 0 Å². The standard InChI is InChI=1S/C9H9ClN2O3/c1-3-4-12-7(8(14)15-2)6(5-13)11-9(12)10/h3,5H,1,4H2,2H3. The van der Waals surface area contributed by atoms with E-state index >= 15 is 0 Å². The van der Waals surface area contributed by atoms with Crippen LogP contribution < -0.4 is 0 Å². The van der Waals surface area contributed by atoms with Crippen LogP contribution in [0.25, 0.3) is 0 Å². The predicted molar refractivity (Wildman–Crippen MR) is 54.2 cm³/mol. The fourth-order valence-electron chi connectivity index (χ4n) is 1.13. The summed E-state index contributed by atoms with van der Waals surface area (Å²) in [4.78, 5) is 25.7. The van der Waals surface area contributed by atoms with Crippen molar-refractivity contribution in [3.05, 3.63) is 29.3 Å². The average Bonchev–Trinajstić information content (AvgIpc) is 2.55. The number of aldehydes is 1. The highest BCUT2D eigenvalue weighted by atomic mass is 35.5. The molecule has 0 radical (unpaired) electrons. The molecule has 0 unspecified atom stereocenters. The molecule has 80 valence electrons. The summed E-state index contributed by atoms with van der Waals surface area (Å²) in [6.07, 6.45) is 1.99. The number of ether oxygens (including phenoxy) is 1. The Morgan fingerprint density at radius 1 is 1.73 bits per heavy atom. The van der Waals surface area contributed by atoms with Gasteiger partial charge >= 0.3 is 5.97 Å². The van der Waals surface area contributed by atoms with Crippen LogP contribution in [-0.2, 0) is 11.3 Å². The monoisotopic (exact) mass is 228 g/mol. The molecule has 15 heavy (non-hydrogen) atoms. The molecule has 1 rings (SSSR count). The number of halogens is 1. The highest BCUT2D eigenvalue weighted by Gasteiger charge is 2.21. The van der Waals surface area contributed by atoms with E-state index in [0.717, 1.165) is 0 Å². The summed E-state index contributed by atoms with van der Waals surface area (Å²) < 4.78 is 5.88. The van der Waals surface area contributed by atoms with Gasteiger partial charge in [0, 0.05) is 6.54 Å². The lowest BCUT2D eigenvalue weighted by atomic mass is 10.3. The molecular formula is C9H9ClN2O3. The normalized spacial score (nSPS) is 9.73. The zero-order chi connectivity index (χ0) is 11.4. The summed E-state index contributed by atoms with van der Waals surface area (Å²) in [5, 5.41) is 0.0531. The van der Waals surface area contributed by atoms with Gasteiger partial charge in [-0.3, -0.25) is 4.79 Å². The van der Waals surface area contributed by atoms with Crippen molar-refractivity contribution < 1.29 is 14.3 Å². The Hall–Kier alpha value is -1.62. The number of imidazole rings is 1. The molecule has 1 heterocycles. The summed E-state index contributed by atoms with van der Waals surface area (Å²) in [5.74, 6) is -0.654. The third kappa shape index (κ3) is 2.07. The van der Waals surface area contributed by atoms with Gasteiger partial charge in [0.25, 0.3) is 0 Å². The first-order valence-electron chi connectivity index (χ1n) is 4.06. The summed E-state index contributed by atoms with van der Waals surface area (Å²) in [7, 11) is 1.22. The van der Waals surface area contributed by atoms with Gasteiger partial charge in [0.15, 0.2) is 12.0 Å². The van der Waals surface area contributed by atoms with Crippen molar-refractivity contribution in [2.24, 2.45) is 0 Å². The van der Waals surface area contributed by atoms with Crippen LogP contribution >= 0.6 is 11.6 Å². The van der Waals surface area contributed by atoms with E-state index in [-0.39, 0.29) is 23.2 Å². The molecule has 5 nitrogen and oxygen atoms in total. The van der Waals surface area contributed by atoms with Crippen LogP contribution in [0.2, 0.25) is 5.28 Å². The van der Waals surface area contributed by atoms with Crippen molar-refractivity contribution in [1.82, 2.24) is 9.55 Å². The second kappa shape index (κ2) is 4.75. The lowest BCUT2D eigenvalue weighted by Crippen LogP contribution is -2.12. The number of esters is 1. The van der Waals surface area contributed by atoms with Crippen LogP contribution in [0.3, 0.4) is 0 Å². The summed E-state index contributed by atoms with van der Waals surface area (Å²) in [5.41, 5.74) is 0.00565. The maximum atomic E-state index is 11.4. The maximum absolute atomic E-state index is 11.4. The zero-order valence-corrected chi connectivity index (χ0v) is 8.82. The fraction of sp³-hybridized carbons (Fsp3) is 0.222. The molecule has 0 N–H and O–H groups in total. The summed E-state index contributed by atoms with van der Waals surface area (Å²) >= 11 is 5.75. The van der Waals surface area contributed by atoms with Crippen LogP contribution in [0.5, 0.6) is 0 Å². The van der Waals surface area contributed by atoms with Gasteiger partial charge in [-0.2, -0.15) is 0 Å². The van der Waals surface area contributed by atoms with Gasteiger partial charge in [-0.05, 0) is 11.6 Å². The average molecular weight is 229 g/mol. The lowest BCUT2D eigenvalue weighted by molar-refractivity contribution is 0.0586. The number of rotatable bonds is 4. The molecule has 1 aromatic heterocycles. The topological polar surface area (TPSA) is 61.2 Å². The van der Waals surface area contributed by atoms with Crippen molar-refractivity contribution >= 4 is 23.9 Å². The fourth-order valence-corrected chi connectivity index (χ4v) is 1.38. The third-order valence-electron chi connectivity index (χ3n) is 1.75. The summed E-state index contributed by atoms with van der Waals surface area (Å²) in [6, 6.07) is 0. The smallest absolute Gasteiger partial charge is 0.357 e. The van der Waals surface area contributed by atoms with Gasteiger partial charge in [-0.15, -0.1) is 6.58 Å². The Labute approximate surface area is 91.3 Å². The molecule has 0 aliphatic heterocycles. The van der Waals surface area contributed by atoms with Gasteiger partial charge in [-0.1, -0.05) is 6.08 Å². The molecule has 6 heteroatoms. The number of allylic oxidation sites excluding steroid dienone is 1. The Kier molecular flexibility index (Phi) is 3.62. The Bertz CT molecular complexity index is 412. The molecule has 0 amide bonds. The Morgan fingerprint density at radius 2 is 2.40 bits per heavy atom. The molecule has 0 aromatic carbocycles. The van der Waals surface area contributed by atoms with Crippen LogP contribution in [-0.4, -0.2) is 28.9 Å². The van der Waals surface area contributed by atoms with E-state index < -0.39 is 5.97 Å². The number of aromatic nitrogens is 2. The SMILES string of the molecule is C=CCn1c(Cl)nc(C=O)c1C(=O)OC. The first-order valence-corrected chi connectivity index (χ1v) is 4.43. The number of hydrogen-bond donors (Lipinski definition) is 0. The van der Waals surface area contributed by atoms with Gasteiger partial charge < -0.3 is 9.30 Å². The van der Waals surface area contributed by atoms with Crippen molar-refractivity contribution in [2.45, 2.75) is 6.54 Å². The molecule has 0 aliphatic carbocycles. The number of nitrogens with zero attached hydrogens (tertiary/aromatic N) is 2. The molecule has 0 saturated heterocycles. The van der Waals surface area contributed by atoms with Gasteiger partial charge in [0.05, 0.1) is 7.11 Å². The molecule has 0 fully saturated rings. The number of hydrogen-bond acceptors (Lipinski definition) is 4. The number of carbonyl (C=O) groups excluding carboxylic acids is 2. The maximum Gasteiger partial charge on any atom is 0.357 e. The van der Waals surface area contributed by atoms with Crippen molar-refractivity contribution in [3.63, 3.8) is 0 Å². The Morgan fingerprint density at radius 3 is 2.87 bits per heavy atom. The molecule has 0 bridgehead atoms. The molecule has 1 aromatic rings. The van der Waals surface area contributed by atoms with E-state index in [4.69, 9.17) is 11.6 Å². The zero-order valence-electron chi connectivity index (χ0n) is 8.07. The predicted octanol–water partition coefficient (Wildman–Crippen LogP) is 1.32. The van der Waals surface area contributed by atoms with E-state index in [9.17, 15) is 9.59 Å². The Balaban J connectivity index is 3.34. The van der Waals surface area contributed by atoms with Gasteiger partial charge in [-0.25, -0.2) is 9.78 Å². The molecule has 0 saturated carbocycles. The second-order valence-corrected chi connectivity index (χ2v) is 2.96. The van der Waals surface area contributed by atoms with E-state index in [1.165, 1.54) is 17.8 Å². The molecular weight excluding hydrogens is 220 g/mol. The lowest BCUT2D eigenvalue weighted by Gasteiger charge is -2.04. The highest BCUT2D eigenvalue weighted by molar-refractivity contribution is 6.29. The number of carbonyl (C=O) groups is 2. The largest absolute Gasteiger partial charge is 0.464 e. The van der Waals surface area contributed by atoms with Crippen molar-refractivity contribution in [2.75, 3.05) is 7.11 Å². The van der Waals surface area contributed by atoms with Crippen molar-refractivity contribution in [1.29, 1.82) is 0 Å². The third-order valence-corrected chi connectivity index (χ3v) is 2.04. The van der Waals surface area contributed by atoms with E-state index in [0.29, 0.717) is 6.29 Å². The molecule has 0 aliphatic rings. The van der Waals surface area contributed by atoms with Crippen LogP contribution in [0, 0.1) is 0 Å². The summed E-state index contributed by atoms with van der Waals surface area (Å²) in [6.45, 7) is 3.79. The van der Waals surface area contributed by atoms with Crippen LogP contribution in [0.1, 0.15) is 21.0 Å². The van der Waals surface area contributed by atoms with Crippen LogP contribution in [0.15, 0.2) is 12.7 Å². The minimum absolute atomic E-state index is 0.0336. The first-order chi connectivity index (χ1) is 7.15. The van der Waals surface area contributed by atoms with Crippen molar-refractivity contribution in [3.8, 4) is 0 Å².